The maximum atomic E-state index is 12.9. The zero-order valence-corrected chi connectivity index (χ0v) is 16.1. The standard InChI is InChI=1S/C22H21N3O3/c1-22(2)12-16-8-9-17(27-3)10-18(16)19(24-22)11-20(26)14-4-6-15(7-5-14)21-25-23-13-28-21/h4-10,13H,11-12H2,1-3H3. The van der Waals surface area contributed by atoms with Crippen LogP contribution in [-0.2, 0) is 6.42 Å². The van der Waals surface area contributed by atoms with Crippen molar-refractivity contribution in [2.24, 2.45) is 4.99 Å². The summed E-state index contributed by atoms with van der Waals surface area (Å²) in [6.45, 7) is 4.17. The quantitative estimate of drug-likeness (QED) is 0.626. The van der Waals surface area contributed by atoms with Gasteiger partial charge in [-0.25, -0.2) is 0 Å². The second-order valence-electron chi connectivity index (χ2n) is 7.49. The van der Waals surface area contributed by atoms with E-state index in [1.165, 1.54) is 12.0 Å². The van der Waals surface area contributed by atoms with Crippen LogP contribution in [0.5, 0.6) is 5.75 Å². The lowest BCUT2D eigenvalue weighted by Gasteiger charge is -2.29. The van der Waals surface area contributed by atoms with Gasteiger partial charge in [0.2, 0.25) is 12.3 Å². The molecule has 28 heavy (non-hydrogen) atoms. The molecule has 0 bridgehead atoms. The first-order valence-corrected chi connectivity index (χ1v) is 9.11. The third-order valence-electron chi connectivity index (χ3n) is 4.83. The molecule has 0 saturated heterocycles. The number of benzene rings is 2. The van der Waals surface area contributed by atoms with Gasteiger partial charge in [0.1, 0.15) is 5.75 Å². The molecule has 1 aromatic heterocycles. The number of Topliss-reactive ketones (excluding diaryl/α,β-unsaturated/α-hetero) is 1. The Morgan fingerprint density at radius 3 is 2.64 bits per heavy atom. The summed E-state index contributed by atoms with van der Waals surface area (Å²) in [5.41, 5.74) is 4.15. The molecule has 142 valence electrons. The fourth-order valence-electron chi connectivity index (χ4n) is 3.52. The molecule has 0 aliphatic carbocycles. The summed E-state index contributed by atoms with van der Waals surface area (Å²) in [6, 6.07) is 13.2. The van der Waals surface area contributed by atoms with Crippen LogP contribution in [0, 0.1) is 0 Å². The number of carbonyl (C=O) groups excluding carboxylic acids is 1. The lowest BCUT2D eigenvalue weighted by molar-refractivity contribution is 0.100. The van der Waals surface area contributed by atoms with Gasteiger partial charge in [-0.05, 0) is 50.1 Å². The number of aromatic nitrogens is 2. The zero-order valence-electron chi connectivity index (χ0n) is 16.1. The van der Waals surface area contributed by atoms with Gasteiger partial charge < -0.3 is 9.15 Å². The molecule has 0 atom stereocenters. The number of fused-ring (bicyclic) bond motifs is 1. The zero-order chi connectivity index (χ0) is 19.7. The molecule has 0 unspecified atom stereocenters. The fraction of sp³-hybridized carbons (Fsp3) is 0.273. The van der Waals surface area contributed by atoms with Crippen molar-refractivity contribution in [1.29, 1.82) is 0 Å². The summed E-state index contributed by atoms with van der Waals surface area (Å²) in [7, 11) is 1.64. The lowest BCUT2D eigenvalue weighted by atomic mass is 9.85. The van der Waals surface area contributed by atoms with Gasteiger partial charge in [0.05, 0.1) is 24.8 Å². The molecule has 0 radical (unpaired) electrons. The summed E-state index contributed by atoms with van der Waals surface area (Å²) in [5.74, 6) is 1.21. The van der Waals surface area contributed by atoms with Crippen LogP contribution in [0.2, 0.25) is 0 Å². The van der Waals surface area contributed by atoms with Gasteiger partial charge in [-0.3, -0.25) is 9.79 Å². The highest BCUT2D eigenvalue weighted by atomic mass is 16.5. The number of ketones is 1. The van der Waals surface area contributed by atoms with E-state index in [0.717, 1.165) is 29.0 Å². The number of hydrogen-bond donors (Lipinski definition) is 0. The SMILES string of the molecule is COc1ccc2c(c1)C(CC(=O)c1ccc(-c3nnco3)cc1)=NC(C)(C)C2. The first-order chi connectivity index (χ1) is 13.4. The van der Waals surface area contributed by atoms with Crippen LogP contribution in [0.15, 0.2) is 58.3 Å². The predicted molar refractivity (Wildman–Crippen MR) is 106 cm³/mol. The van der Waals surface area contributed by atoms with Crippen LogP contribution in [0.4, 0.5) is 0 Å². The first kappa shape index (κ1) is 18.1. The molecular formula is C22H21N3O3. The molecule has 0 saturated carbocycles. The van der Waals surface area contributed by atoms with Crippen LogP contribution in [0.3, 0.4) is 0 Å². The van der Waals surface area contributed by atoms with Gasteiger partial charge in [-0.2, -0.15) is 0 Å². The van der Waals surface area contributed by atoms with Crippen LogP contribution in [0.25, 0.3) is 11.5 Å². The molecular weight excluding hydrogens is 354 g/mol. The van der Waals surface area contributed by atoms with Crippen molar-refractivity contribution in [2.45, 2.75) is 32.2 Å². The Balaban J connectivity index is 1.61. The predicted octanol–water partition coefficient (Wildman–Crippen LogP) is 4.14. The monoisotopic (exact) mass is 375 g/mol. The van der Waals surface area contributed by atoms with Crippen LogP contribution >= 0.6 is 0 Å². The minimum Gasteiger partial charge on any atom is -0.497 e. The molecule has 1 aliphatic rings. The topological polar surface area (TPSA) is 77.6 Å². The Morgan fingerprint density at radius 2 is 1.96 bits per heavy atom. The van der Waals surface area contributed by atoms with E-state index in [4.69, 9.17) is 14.1 Å². The van der Waals surface area contributed by atoms with Gasteiger partial charge >= 0.3 is 0 Å². The Morgan fingerprint density at radius 1 is 1.18 bits per heavy atom. The first-order valence-electron chi connectivity index (χ1n) is 9.11. The van der Waals surface area contributed by atoms with Gasteiger partial charge in [0.25, 0.3) is 0 Å². The number of aliphatic imine (C=N–C) groups is 1. The second kappa shape index (κ2) is 7.03. The normalized spacial score (nSPS) is 14.9. The molecule has 6 heteroatoms. The van der Waals surface area contributed by atoms with Crippen molar-refractivity contribution < 1.29 is 13.9 Å². The average Bonchev–Trinajstić information content (AvgIpc) is 3.22. The summed E-state index contributed by atoms with van der Waals surface area (Å²) in [4.78, 5) is 17.8. The molecule has 3 aromatic rings. The van der Waals surface area contributed by atoms with E-state index in [2.05, 4.69) is 30.1 Å². The van der Waals surface area contributed by atoms with Crippen molar-refractivity contribution in [2.75, 3.05) is 7.11 Å². The summed E-state index contributed by atoms with van der Waals surface area (Å²) < 4.78 is 10.5. The molecule has 0 spiro atoms. The van der Waals surface area contributed by atoms with E-state index in [0.29, 0.717) is 11.5 Å². The molecule has 0 amide bonds. The summed E-state index contributed by atoms with van der Waals surface area (Å²) in [5, 5.41) is 7.55. The maximum absolute atomic E-state index is 12.9. The van der Waals surface area contributed by atoms with Crippen molar-refractivity contribution in [1.82, 2.24) is 10.2 Å². The van der Waals surface area contributed by atoms with E-state index < -0.39 is 0 Å². The van der Waals surface area contributed by atoms with Crippen molar-refractivity contribution in [3.8, 4) is 17.2 Å². The Kier molecular flexibility index (Phi) is 4.55. The van der Waals surface area contributed by atoms with Gasteiger partial charge in [-0.1, -0.05) is 18.2 Å². The third kappa shape index (κ3) is 3.58. The number of ether oxygens (including phenoxy) is 1. The van der Waals surface area contributed by atoms with Gasteiger partial charge in [0, 0.05) is 16.7 Å². The maximum Gasteiger partial charge on any atom is 0.247 e. The van der Waals surface area contributed by atoms with E-state index in [1.807, 2.05) is 24.3 Å². The second-order valence-corrected chi connectivity index (χ2v) is 7.49. The number of hydrogen-bond acceptors (Lipinski definition) is 6. The smallest absolute Gasteiger partial charge is 0.247 e. The minimum absolute atomic E-state index is 0.0160. The number of carbonyl (C=O) groups is 1. The molecule has 2 aromatic carbocycles. The minimum atomic E-state index is -0.237. The van der Waals surface area contributed by atoms with Gasteiger partial charge in [-0.15, -0.1) is 10.2 Å². The van der Waals surface area contributed by atoms with Crippen LogP contribution in [0.1, 0.15) is 41.8 Å². The Labute approximate surface area is 163 Å². The van der Waals surface area contributed by atoms with E-state index in [-0.39, 0.29) is 17.7 Å². The van der Waals surface area contributed by atoms with Crippen molar-refractivity contribution >= 4 is 11.5 Å². The van der Waals surface area contributed by atoms with Crippen molar-refractivity contribution in [3.05, 3.63) is 65.5 Å². The number of methoxy groups -OCH3 is 1. The molecule has 1 aliphatic heterocycles. The highest BCUT2D eigenvalue weighted by Gasteiger charge is 2.28. The van der Waals surface area contributed by atoms with Gasteiger partial charge in [0.15, 0.2) is 5.78 Å². The molecule has 2 heterocycles. The lowest BCUT2D eigenvalue weighted by Crippen LogP contribution is -2.30. The average molecular weight is 375 g/mol. The Bertz CT molecular complexity index is 1040. The highest BCUT2D eigenvalue weighted by Crippen LogP contribution is 2.31. The molecule has 4 rings (SSSR count). The van der Waals surface area contributed by atoms with Crippen molar-refractivity contribution in [3.63, 3.8) is 0 Å². The highest BCUT2D eigenvalue weighted by molar-refractivity contribution is 6.17. The largest absolute Gasteiger partial charge is 0.497 e. The van der Waals surface area contributed by atoms with Crippen LogP contribution < -0.4 is 4.74 Å². The number of rotatable bonds is 5. The summed E-state index contributed by atoms with van der Waals surface area (Å²) in [6.07, 6.45) is 2.36. The van der Waals surface area contributed by atoms with Crippen LogP contribution in [-0.4, -0.2) is 34.3 Å². The molecule has 0 fully saturated rings. The van der Waals surface area contributed by atoms with E-state index in [1.54, 1.807) is 19.2 Å². The molecule has 6 nitrogen and oxygen atoms in total. The van der Waals surface area contributed by atoms with E-state index in [9.17, 15) is 4.79 Å². The number of nitrogens with zero attached hydrogens (tertiary/aromatic N) is 3. The summed E-state index contributed by atoms with van der Waals surface area (Å²) >= 11 is 0. The Hall–Kier alpha value is -3.28. The third-order valence-corrected chi connectivity index (χ3v) is 4.83. The molecule has 0 N–H and O–H groups in total. The van der Waals surface area contributed by atoms with E-state index >= 15 is 0 Å². The fourth-order valence-corrected chi connectivity index (χ4v) is 3.52.